The van der Waals surface area contributed by atoms with Gasteiger partial charge >= 0.3 is 5.97 Å². The van der Waals surface area contributed by atoms with E-state index in [0.717, 1.165) is 21.3 Å². The highest BCUT2D eigenvalue weighted by Crippen LogP contribution is 2.38. The topological polar surface area (TPSA) is 105 Å². The van der Waals surface area contributed by atoms with E-state index in [4.69, 9.17) is 21.1 Å². The molecule has 196 valence electrons. The van der Waals surface area contributed by atoms with Crippen LogP contribution in [0.15, 0.2) is 53.4 Å². The van der Waals surface area contributed by atoms with Gasteiger partial charge < -0.3 is 19.7 Å². The molecule has 12 heteroatoms. The summed E-state index contributed by atoms with van der Waals surface area (Å²) in [5.41, 5.74) is 1.35. The highest BCUT2D eigenvalue weighted by molar-refractivity contribution is 7.92. The molecule has 1 amide bonds. The zero-order chi connectivity index (χ0) is 26.7. The van der Waals surface area contributed by atoms with Crippen molar-refractivity contribution in [1.29, 1.82) is 0 Å². The van der Waals surface area contributed by atoms with Crippen LogP contribution < -0.4 is 14.4 Å². The molecule has 1 aromatic heterocycles. The van der Waals surface area contributed by atoms with Crippen LogP contribution in [0.4, 0.5) is 10.7 Å². The van der Waals surface area contributed by atoms with E-state index in [1.54, 1.807) is 18.2 Å². The highest BCUT2D eigenvalue weighted by Gasteiger charge is 2.31. The number of rotatable bonds is 8. The minimum Gasteiger partial charge on any atom is -0.495 e. The number of carbonyl (C=O) groups excluding carboxylic acids is 2. The molecule has 0 atom stereocenters. The van der Waals surface area contributed by atoms with Gasteiger partial charge in [-0.05, 0) is 49.4 Å². The van der Waals surface area contributed by atoms with Crippen molar-refractivity contribution in [3.05, 3.63) is 69.6 Å². The average Bonchev–Trinajstić information content (AvgIpc) is 3.23. The van der Waals surface area contributed by atoms with Crippen molar-refractivity contribution in [2.75, 3.05) is 44.0 Å². The number of sulfonamides is 1. The zero-order valence-electron chi connectivity index (χ0n) is 20.5. The first-order valence-corrected chi connectivity index (χ1v) is 13.9. The molecule has 2 aromatic carbocycles. The normalized spacial score (nSPS) is 13.5. The molecule has 1 aliphatic rings. The number of halogens is 1. The third-order valence-electron chi connectivity index (χ3n) is 5.93. The molecule has 2 heterocycles. The van der Waals surface area contributed by atoms with Crippen molar-refractivity contribution in [1.82, 2.24) is 4.90 Å². The largest absolute Gasteiger partial charge is 0.495 e. The van der Waals surface area contributed by atoms with Crippen LogP contribution in [-0.4, -0.2) is 59.6 Å². The van der Waals surface area contributed by atoms with Gasteiger partial charge in [0.1, 0.15) is 17.3 Å². The Morgan fingerprint density at radius 3 is 2.54 bits per heavy atom. The molecule has 0 fully saturated rings. The lowest BCUT2D eigenvalue weighted by atomic mass is 10.0. The summed E-state index contributed by atoms with van der Waals surface area (Å²) in [7, 11) is 0.572. The van der Waals surface area contributed by atoms with Gasteiger partial charge in [0, 0.05) is 18.0 Å². The van der Waals surface area contributed by atoms with Gasteiger partial charge in [-0.3, -0.25) is 9.10 Å². The van der Waals surface area contributed by atoms with E-state index in [1.165, 1.54) is 55.9 Å². The van der Waals surface area contributed by atoms with Crippen molar-refractivity contribution in [3.8, 4) is 5.75 Å². The van der Waals surface area contributed by atoms with Crippen molar-refractivity contribution < 1.29 is 27.5 Å². The molecule has 4 rings (SSSR count). The van der Waals surface area contributed by atoms with Crippen LogP contribution in [-0.2, 0) is 32.5 Å². The third kappa shape index (κ3) is 5.59. The highest BCUT2D eigenvalue weighted by atomic mass is 35.5. The van der Waals surface area contributed by atoms with E-state index in [2.05, 4.69) is 10.2 Å². The Hall–Kier alpha value is -3.12. The second kappa shape index (κ2) is 11.1. The molecular formula is C25H26ClN3O6S2. The van der Waals surface area contributed by atoms with E-state index in [-0.39, 0.29) is 15.6 Å². The molecule has 1 N–H and O–H groups in total. The number of methoxy groups -OCH3 is 2. The minimum absolute atomic E-state index is 0.0135. The molecule has 0 unspecified atom stereocenters. The first-order valence-electron chi connectivity index (χ1n) is 11.3. The number of amides is 1. The molecule has 0 saturated heterocycles. The number of esters is 1. The van der Waals surface area contributed by atoms with Crippen LogP contribution in [0.2, 0.25) is 5.02 Å². The van der Waals surface area contributed by atoms with Crippen molar-refractivity contribution >= 4 is 55.5 Å². The molecule has 3 aromatic rings. The monoisotopic (exact) mass is 563 g/mol. The predicted molar refractivity (Wildman–Crippen MR) is 143 cm³/mol. The van der Waals surface area contributed by atoms with Gasteiger partial charge in [-0.15, -0.1) is 11.3 Å². The Morgan fingerprint density at radius 1 is 1.16 bits per heavy atom. The van der Waals surface area contributed by atoms with Crippen LogP contribution in [0.25, 0.3) is 0 Å². The Balaban J connectivity index is 1.70. The van der Waals surface area contributed by atoms with E-state index in [0.29, 0.717) is 29.3 Å². The average molecular weight is 564 g/mol. The Bertz CT molecular complexity index is 1430. The van der Waals surface area contributed by atoms with Gasteiger partial charge in [-0.1, -0.05) is 29.8 Å². The molecular weight excluding hydrogens is 538 g/mol. The molecule has 0 radical (unpaired) electrons. The van der Waals surface area contributed by atoms with E-state index < -0.39 is 28.4 Å². The molecule has 0 bridgehead atoms. The summed E-state index contributed by atoms with van der Waals surface area (Å²) in [6.45, 7) is 0.851. The molecule has 37 heavy (non-hydrogen) atoms. The number of benzene rings is 2. The standard InChI is InChI=1S/C25H26ClN3O6S2/c1-28-12-11-18-21(14-28)36-24(23(18)25(31)35-3)27-22(30)15-29(16-9-10-20(34-2)19(26)13-16)37(32,33)17-7-5-4-6-8-17/h4-10,13H,11-12,14-15H2,1-3H3,(H,27,30). The van der Waals surface area contributed by atoms with Gasteiger partial charge in [-0.25, -0.2) is 13.2 Å². The van der Waals surface area contributed by atoms with Crippen molar-refractivity contribution in [2.45, 2.75) is 17.9 Å². The van der Waals surface area contributed by atoms with Gasteiger partial charge in [0.05, 0.1) is 35.4 Å². The maximum Gasteiger partial charge on any atom is 0.341 e. The fourth-order valence-electron chi connectivity index (χ4n) is 4.08. The second-order valence-corrected chi connectivity index (χ2v) is 11.8. The van der Waals surface area contributed by atoms with Gasteiger partial charge in [0.15, 0.2) is 0 Å². The van der Waals surface area contributed by atoms with E-state index >= 15 is 0 Å². The summed E-state index contributed by atoms with van der Waals surface area (Å²) < 4.78 is 38.3. The predicted octanol–water partition coefficient (Wildman–Crippen LogP) is 4.02. The number of hydrogen-bond donors (Lipinski definition) is 1. The van der Waals surface area contributed by atoms with Crippen LogP contribution >= 0.6 is 22.9 Å². The van der Waals surface area contributed by atoms with E-state index in [1.807, 2.05) is 7.05 Å². The number of carbonyl (C=O) groups is 2. The summed E-state index contributed by atoms with van der Waals surface area (Å²) in [5.74, 6) is -0.805. The number of nitrogens with zero attached hydrogens (tertiary/aromatic N) is 2. The fraction of sp³-hybridized carbons (Fsp3) is 0.280. The number of thiophene rings is 1. The Morgan fingerprint density at radius 2 is 1.89 bits per heavy atom. The lowest BCUT2D eigenvalue weighted by molar-refractivity contribution is -0.114. The van der Waals surface area contributed by atoms with Crippen LogP contribution in [0.3, 0.4) is 0 Å². The van der Waals surface area contributed by atoms with E-state index in [9.17, 15) is 18.0 Å². The minimum atomic E-state index is -4.14. The molecule has 9 nitrogen and oxygen atoms in total. The number of hydrogen-bond acceptors (Lipinski definition) is 8. The van der Waals surface area contributed by atoms with Crippen molar-refractivity contribution in [3.63, 3.8) is 0 Å². The van der Waals surface area contributed by atoms with Crippen molar-refractivity contribution in [2.24, 2.45) is 0 Å². The number of anilines is 2. The molecule has 0 aliphatic carbocycles. The first kappa shape index (κ1) is 26.9. The third-order valence-corrected chi connectivity index (χ3v) is 9.15. The van der Waals surface area contributed by atoms with Gasteiger partial charge in [-0.2, -0.15) is 0 Å². The maximum atomic E-state index is 13.6. The Labute approximate surface area is 224 Å². The molecule has 1 aliphatic heterocycles. The van der Waals surface area contributed by atoms with Crippen LogP contribution in [0.5, 0.6) is 5.75 Å². The maximum absolute atomic E-state index is 13.6. The fourth-order valence-corrected chi connectivity index (χ4v) is 7.10. The zero-order valence-corrected chi connectivity index (χ0v) is 22.9. The van der Waals surface area contributed by atoms with Gasteiger partial charge in [0.2, 0.25) is 5.91 Å². The summed E-state index contributed by atoms with van der Waals surface area (Å²) in [6.07, 6.45) is 0.640. The van der Waals surface area contributed by atoms with Gasteiger partial charge in [0.25, 0.3) is 10.0 Å². The summed E-state index contributed by atoms with van der Waals surface area (Å²) in [5, 5.41) is 3.28. The number of nitrogens with one attached hydrogen (secondary N) is 1. The smallest absolute Gasteiger partial charge is 0.341 e. The second-order valence-electron chi connectivity index (χ2n) is 8.38. The number of fused-ring (bicyclic) bond motifs is 1. The summed E-state index contributed by atoms with van der Waals surface area (Å²) >= 11 is 7.57. The first-order chi connectivity index (χ1) is 17.6. The summed E-state index contributed by atoms with van der Waals surface area (Å²) in [6, 6.07) is 12.3. The molecule has 0 saturated carbocycles. The quantitative estimate of drug-likeness (QED) is 0.413. The van der Waals surface area contributed by atoms with Crippen LogP contribution in [0.1, 0.15) is 20.8 Å². The molecule has 0 spiro atoms. The summed E-state index contributed by atoms with van der Waals surface area (Å²) in [4.78, 5) is 29.0. The number of ether oxygens (including phenoxy) is 2. The lowest BCUT2D eigenvalue weighted by Crippen LogP contribution is -2.38. The van der Waals surface area contributed by atoms with Crippen LogP contribution in [0, 0.1) is 0 Å². The lowest BCUT2D eigenvalue weighted by Gasteiger charge is -2.24. The SMILES string of the molecule is COC(=O)c1c(NC(=O)CN(c2ccc(OC)c(Cl)c2)S(=O)(=O)c2ccccc2)sc2c1CCN(C)C2. The Kier molecular flexibility index (Phi) is 8.08. The number of likely N-dealkylation sites (N-methyl/N-ethyl adjacent to an activating group) is 1.